The van der Waals surface area contributed by atoms with Crippen LogP contribution in [0.15, 0.2) is 0 Å². The van der Waals surface area contributed by atoms with Gasteiger partial charge in [0.2, 0.25) is 0 Å². The van der Waals surface area contributed by atoms with Crippen molar-refractivity contribution < 1.29 is 4.79 Å². The molecule has 2 rings (SSSR count). The quantitative estimate of drug-likeness (QED) is 0.748. The molecule has 0 aromatic carbocycles. The maximum Gasteiger partial charge on any atom is 0.317 e. The summed E-state index contributed by atoms with van der Waals surface area (Å²) < 4.78 is 0. The number of carbonyl (C=O) groups is 1. The van der Waals surface area contributed by atoms with Gasteiger partial charge in [-0.2, -0.15) is 0 Å². The summed E-state index contributed by atoms with van der Waals surface area (Å²) >= 11 is 0. The minimum atomic E-state index is 0.177. The first-order valence-corrected chi connectivity index (χ1v) is 7.24. The number of nitrogens with zero attached hydrogens (tertiary/aromatic N) is 1. The predicted molar refractivity (Wildman–Crippen MR) is 70.0 cm³/mol. The topological polar surface area (TPSA) is 32.3 Å². The Labute approximate surface area is 105 Å². The Bertz CT molecular complexity index is 261. The number of hydrogen-bond acceptors (Lipinski definition) is 1. The molecule has 2 aliphatic rings. The summed E-state index contributed by atoms with van der Waals surface area (Å²) in [6, 6.07) is 1.02. The van der Waals surface area contributed by atoms with Crippen molar-refractivity contribution in [2.45, 2.75) is 70.9 Å². The van der Waals surface area contributed by atoms with Crippen molar-refractivity contribution in [3.63, 3.8) is 0 Å². The molecule has 3 nitrogen and oxygen atoms in total. The van der Waals surface area contributed by atoms with Gasteiger partial charge in [0, 0.05) is 18.6 Å². The van der Waals surface area contributed by atoms with Crippen molar-refractivity contribution in [2.24, 2.45) is 5.92 Å². The molecule has 1 heterocycles. The highest BCUT2D eigenvalue weighted by molar-refractivity contribution is 5.75. The normalized spacial score (nSPS) is 31.3. The molecule has 1 aliphatic heterocycles. The van der Waals surface area contributed by atoms with E-state index < -0.39 is 0 Å². The largest absolute Gasteiger partial charge is 0.335 e. The van der Waals surface area contributed by atoms with Crippen LogP contribution in [-0.2, 0) is 0 Å². The monoisotopic (exact) mass is 238 g/mol. The van der Waals surface area contributed by atoms with Crippen LogP contribution in [0, 0.1) is 5.92 Å². The molecule has 98 valence electrons. The van der Waals surface area contributed by atoms with Crippen LogP contribution in [0.5, 0.6) is 0 Å². The maximum absolute atomic E-state index is 12.2. The van der Waals surface area contributed by atoms with Gasteiger partial charge >= 0.3 is 6.03 Å². The van der Waals surface area contributed by atoms with Gasteiger partial charge in [-0.25, -0.2) is 4.79 Å². The molecule has 0 radical (unpaired) electrons. The number of rotatable bonds is 1. The van der Waals surface area contributed by atoms with Crippen molar-refractivity contribution in [3.05, 3.63) is 0 Å². The van der Waals surface area contributed by atoms with E-state index in [0.717, 1.165) is 25.3 Å². The average molecular weight is 238 g/mol. The lowest BCUT2D eigenvalue weighted by molar-refractivity contribution is 0.135. The SMILES string of the molecule is CC1CCN(C(=O)NC2CCCCC2)C(C)C1. The van der Waals surface area contributed by atoms with E-state index in [2.05, 4.69) is 19.2 Å². The number of carbonyl (C=O) groups excluding carboxylic acids is 1. The van der Waals surface area contributed by atoms with Gasteiger partial charge in [0.1, 0.15) is 0 Å². The highest BCUT2D eigenvalue weighted by atomic mass is 16.2. The van der Waals surface area contributed by atoms with Crippen molar-refractivity contribution in [1.29, 1.82) is 0 Å². The summed E-state index contributed by atoms with van der Waals surface area (Å²) in [6.45, 7) is 5.39. The fourth-order valence-electron chi connectivity index (χ4n) is 3.21. The number of likely N-dealkylation sites (tertiary alicyclic amines) is 1. The van der Waals surface area contributed by atoms with Crippen LogP contribution in [0.4, 0.5) is 4.79 Å². The van der Waals surface area contributed by atoms with Crippen molar-refractivity contribution in [3.8, 4) is 0 Å². The molecule has 1 N–H and O–H groups in total. The number of amides is 2. The molecule has 1 saturated heterocycles. The number of piperidine rings is 1. The third kappa shape index (κ3) is 3.36. The molecule has 0 aromatic rings. The second kappa shape index (κ2) is 5.74. The lowest BCUT2D eigenvalue weighted by Gasteiger charge is -2.37. The van der Waals surface area contributed by atoms with E-state index in [0.29, 0.717) is 12.1 Å². The minimum Gasteiger partial charge on any atom is -0.335 e. The number of hydrogen-bond donors (Lipinski definition) is 1. The molecule has 0 bridgehead atoms. The zero-order valence-corrected chi connectivity index (χ0v) is 11.2. The van der Waals surface area contributed by atoms with Gasteiger partial charge in [-0.3, -0.25) is 0 Å². The Morgan fingerprint density at radius 1 is 1.12 bits per heavy atom. The molecular formula is C14H26N2O. The van der Waals surface area contributed by atoms with E-state index in [4.69, 9.17) is 0 Å². The van der Waals surface area contributed by atoms with Crippen LogP contribution >= 0.6 is 0 Å². The van der Waals surface area contributed by atoms with Crippen LogP contribution in [0.2, 0.25) is 0 Å². The van der Waals surface area contributed by atoms with Gasteiger partial charge in [-0.05, 0) is 38.5 Å². The summed E-state index contributed by atoms with van der Waals surface area (Å²) in [4.78, 5) is 14.2. The highest BCUT2D eigenvalue weighted by Crippen LogP contribution is 2.23. The van der Waals surface area contributed by atoms with E-state index in [1.165, 1.54) is 32.1 Å². The average Bonchev–Trinajstić information content (AvgIpc) is 2.30. The zero-order valence-electron chi connectivity index (χ0n) is 11.2. The minimum absolute atomic E-state index is 0.177. The van der Waals surface area contributed by atoms with Crippen LogP contribution in [0.3, 0.4) is 0 Å². The molecule has 3 heteroatoms. The Hall–Kier alpha value is -0.730. The third-order valence-corrected chi connectivity index (χ3v) is 4.33. The summed E-state index contributed by atoms with van der Waals surface area (Å²) in [5.74, 6) is 0.767. The van der Waals surface area contributed by atoms with Gasteiger partial charge in [0.25, 0.3) is 0 Å². The van der Waals surface area contributed by atoms with Crippen LogP contribution in [0.1, 0.15) is 58.8 Å². The van der Waals surface area contributed by atoms with E-state index in [9.17, 15) is 4.79 Å². The second-order valence-electron chi connectivity index (χ2n) is 5.96. The molecule has 2 amide bonds. The van der Waals surface area contributed by atoms with Crippen molar-refractivity contribution in [2.75, 3.05) is 6.54 Å². The zero-order chi connectivity index (χ0) is 12.3. The number of nitrogens with one attached hydrogen (secondary N) is 1. The fourth-order valence-corrected chi connectivity index (χ4v) is 3.21. The lowest BCUT2D eigenvalue weighted by Crippen LogP contribution is -2.51. The first-order chi connectivity index (χ1) is 8.16. The summed E-state index contributed by atoms with van der Waals surface area (Å²) in [5.41, 5.74) is 0. The fraction of sp³-hybridized carbons (Fsp3) is 0.929. The van der Waals surface area contributed by atoms with E-state index in [-0.39, 0.29) is 6.03 Å². The predicted octanol–water partition coefficient (Wildman–Crippen LogP) is 3.15. The van der Waals surface area contributed by atoms with Crippen molar-refractivity contribution in [1.82, 2.24) is 10.2 Å². The molecule has 17 heavy (non-hydrogen) atoms. The Balaban J connectivity index is 1.82. The van der Waals surface area contributed by atoms with E-state index >= 15 is 0 Å². The van der Waals surface area contributed by atoms with E-state index in [1.54, 1.807) is 0 Å². The van der Waals surface area contributed by atoms with Crippen LogP contribution < -0.4 is 5.32 Å². The standard InChI is InChI=1S/C14H26N2O/c1-11-8-9-16(12(2)10-11)14(17)15-13-6-4-3-5-7-13/h11-13H,3-10H2,1-2H3,(H,15,17). The van der Waals surface area contributed by atoms with E-state index in [1.807, 2.05) is 4.90 Å². The molecule has 1 saturated carbocycles. The van der Waals surface area contributed by atoms with Crippen molar-refractivity contribution >= 4 is 6.03 Å². The van der Waals surface area contributed by atoms with Gasteiger partial charge in [0.15, 0.2) is 0 Å². The van der Waals surface area contributed by atoms with Gasteiger partial charge in [-0.1, -0.05) is 26.2 Å². The number of urea groups is 1. The van der Waals surface area contributed by atoms with Gasteiger partial charge < -0.3 is 10.2 Å². The maximum atomic E-state index is 12.2. The van der Waals surface area contributed by atoms with Crippen LogP contribution in [0.25, 0.3) is 0 Å². The Morgan fingerprint density at radius 2 is 1.82 bits per heavy atom. The molecule has 0 aromatic heterocycles. The first-order valence-electron chi connectivity index (χ1n) is 7.24. The molecule has 0 spiro atoms. The molecule has 1 aliphatic carbocycles. The molecule has 2 atom stereocenters. The third-order valence-electron chi connectivity index (χ3n) is 4.33. The lowest BCUT2D eigenvalue weighted by atomic mass is 9.93. The Morgan fingerprint density at radius 3 is 2.47 bits per heavy atom. The second-order valence-corrected chi connectivity index (χ2v) is 5.96. The van der Waals surface area contributed by atoms with Gasteiger partial charge in [0.05, 0.1) is 0 Å². The first kappa shape index (κ1) is 12.7. The molecule has 2 fully saturated rings. The molecular weight excluding hydrogens is 212 g/mol. The summed E-state index contributed by atoms with van der Waals surface area (Å²) in [6.07, 6.45) is 8.54. The summed E-state index contributed by atoms with van der Waals surface area (Å²) in [7, 11) is 0. The highest BCUT2D eigenvalue weighted by Gasteiger charge is 2.28. The Kier molecular flexibility index (Phi) is 4.30. The van der Waals surface area contributed by atoms with Gasteiger partial charge in [-0.15, -0.1) is 0 Å². The van der Waals surface area contributed by atoms with Crippen LogP contribution in [-0.4, -0.2) is 29.6 Å². The summed E-state index contributed by atoms with van der Waals surface area (Å²) in [5, 5.41) is 3.22. The smallest absolute Gasteiger partial charge is 0.317 e. The molecule has 2 unspecified atom stereocenters.